The Kier molecular flexibility index (Phi) is 5.66. The van der Waals surface area contributed by atoms with Gasteiger partial charge in [-0.05, 0) is 17.7 Å². The summed E-state index contributed by atoms with van der Waals surface area (Å²) >= 11 is 5.68. The molecule has 2 nitrogen and oxygen atoms in total. The number of benzene rings is 1. The van der Waals surface area contributed by atoms with Gasteiger partial charge in [-0.2, -0.15) is 0 Å². The Bertz CT molecular complexity index is 316. The molecule has 0 radical (unpaired) electrons. The van der Waals surface area contributed by atoms with Crippen LogP contribution in [0.15, 0.2) is 18.2 Å². The largest absolute Gasteiger partial charge is 0.383 e. The fourth-order valence-electron chi connectivity index (χ4n) is 1.33. The van der Waals surface area contributed by atoms with Gasteiger partial charge in [-0.25, -0.2) is 8.78 Å². The molecule has 1 atom stereocenters. The summed E-state index contributed by atoms with van der Waals surface area (Å²) in [5.41, 5.74) is 0.545. The standard InChI is InChI=1S/C11H14ClF2NO/c1-16-7-11(5-12)15-6-8-2-9(13)4-10(14)3-8/h2-4,11,15H,5-7H2,1H3. The molecule has 0 spiro atoms. The number of halogens is 3. The van der Waals surface area contributed by atoms with Gasteiger partial charge in [0.25, 0.3) is 0 Å². The van der Waals surface area contributed by atoms with E-state index in [0.717, 1.165) is 6.07 Å². The number of hydrogen-bond donors (Lipinski definition) is 1. The Morgan fingerprint density at radius 2 is 1.94 bits per heavy atom. The highest BCUT2D eigenvalue weighted by atomic mass is 35.5. The Morgan fingerprint density at radius 3 is 2.44 bits per heavy atom. The number of rotatable bonds is 6. The number of ether oxygens (including phenoxy) is 1. The van der Waals surface area contributed by atoms with Crippen molar-refractivity contribution in [2.45, 2.75) is 12.6 Å². The molecule has 0 heterocycles. The predicted octanol–water partition coefficient (Wildman–Crippen LogP) is 2.31. The molecule has 90 valence electrons. The molecule has 0 aliphatic carbocycles. The van der Waals surface area contributed by atoms with Crippen LogP contribution in [0.3, 0.4) is 0 Å². The first kappa shape index (κ1) is 13.4. The first-order valence-electron chi connectivity index (χ1n) is 4.89. The van der Waals surface area contributed by atoms with Gasteiger partial charge in [-0.15, -0.1) is 11.6 Å². The summed E-state index contributed by atoms with van der Waals surface area (Å²) < 4.78 is 30.7. The average Bonchev–Trinajstić information content (AvgIpc) is 2.23. The van der Waals surface area contributed by atoms with Crippen LogP contribution in [0.1, 0.15) is 5.56 Å². The molecule has 16 heavy (non-hydrogen) atoms. The normalized spacial score (nSPS) is 12.8. The Balaban J connectivity index is 2.52. The molecule has 0 aliphatic heterocycles. The van der Waals surface area contributed by atoms with E-state index in [1.807, 2.05) is 0 Å². The van der Waals surface area contributed by atoms with Crippen molar-refractivity contribution in [3.05, 3.63) is 35.4 Å². The molecule has 0 saturated heterocycles. The fourth-order valence-corrected chi connectivity index (χ4v) is 1.53. The molecule has 1 N–H and O–H groups in total. The maximum atomic E-state index is 12.9. The van der Waals surface area contributed by atoms with E-state index in [0.29, 0.717) is 24.6 Å². The Labute approximate surface area is 98.6 Å². The molecule has 5 heteroatoms. The monoisotopic (exact) mass is 249 g/mol. The van der Waals surface area contributed by atoms with E-state index in [1.165, 1.54) is 12.1 Å². The lowest BCUT2D eigenvalue weighted by Gasteiger charge is -2.14. The van der Waals surface area contributed by atoms with Gasteiger partial charge in [-0.1, -0.05) is 0 Å². The highest BCUT2D eigenvalue weighted by Crippen LogP contribution is 2.08. The number of hydrogen-bond acceptors (Lipinski definition) is 2. The fraction of sp³-hybridized carbons (Fsp3) is 0.455. The summed E-state index contributed by atoms with van der Waals surface area (Å²) in [4.78, 5) is 0. The third-order valence-electron chi connectivity index (χ3n) is 2.07. The van der Waals surface area contributed by atoms with Gasteiger partial charge in [-0.3, -0.25) is 0 Å². The minimum atomic E-state index is -0.578. The van der Waals surface area contributed by atoms with Crippen LogP contribution < -0.4 is 5.32 Å². The van der Waals surface area contributed by atoms with Crippen LogP contribution in [-0.2, 0) is 11.3 Å². The zero-order chi connectivity index (χ0) is 12.0. The molecular weight excluding hydrogens is 236 g/mol. The minimum absolute atomic E-state index is 0.0296. The summed E-state index contributed by atoms with van der Waals surface area (Å²) in [5.74, 6) is -0.775. The molecule has 0 aliphatic rings. The van der Waals surface area contributed by atoms with E-state index in [9.17, 15) is 8.78 Å². The highest BCUT2D eigenvalue weighted by molar-refractivity contribution is 6.18. The van der Waals surface area contributed by atoms with Crippen LogP contribution in [0.2, 0.25) is 0 Å². The summed E-state index contributed by atoms with van der Waals surface area (Å²) in [6, 6.07) is 3.39. The zero-order valence-electron chi connectivity index (χ0n) is 8.97. The van der Waals surface area contributed by atoms with E-state index in [4.69, 9.17) is 16.3 Å². The van der Waals surface area contributed by atoms with Crippen molar-refractivity contribution in [3.8, 4) is 0 Å². The number of nitrogens with one attached hydrogen (secondary N) is 1. The van der Waals surface area contributed by atoms with Crippen LogP contribution in [0, 0.1) is 11.6 Å². The van der Waals surface area contributed by atoms with Crippen molar-refractivity contribution in [2.75, 3.05) is 19.6 Å². The molecule has 0 fully saturated rings. The summed E-state index contributed by atoms with van der Waals surface area (Å²) in [7, 11) is 1.57. The maximum absolute atomic E-state index is 12.9. The maximum Gasteiger partial charge on any atom is 0.126 e. The molecule has 0 bridgehead atoms. The quantitative estimate of drug-likeness (QED) is 0.782. The van der Waals surface area contributed by atoms with Crippen molar-refractivity contribution in [3.63, 3.8) is 0 Å². The van der Waals surface area contributed by atoms with Crippen LogP contribution in [0.25, 0.3) is 0 Å². The molecule has 1 aromatic rings. The molecule has 1 aromatic carbocycles. The van der Waals surface area contributed by atoms with Crippen molar-refractivity contribution >= 4 is 11.6 Å². The Hall–Kier alpha value is -0.710. The van der Waals surface area contributed by atoms with E-state index < -0.39 is 11.6 Å². The van der Waals surface area contributed by atoms with E-state index in [2.05, 4.69) is 5.32 Å². The van der Waals surface area contributed by atoms with Crippen LogP contribution in [0.5, 0.6) is 0 Å². The van der Waals surface area contributed by atoms with Crippen molar-refractivity contribution in [1.29, 1.82) is 0 Å². The van der Waals surface area contributed by atoms with E-state index in [1.54, 1.807) is 7.11 Å². The first-order chi connectivity index (χ1) is 7.65. The molecule has 0 aromatic heterocycles. The van der Waals surface area contributed by atoms with Crippen molar-refractivity contribution in [1.82, 2.24) is 5.32 Å². The molecule has 0 amide bonds. The highest BCUT2D eigenvalue weighted by Gasteiger charge is 2.07. The van der Waals surface area contributed by atoms with Gasteiger partial charge in [0, 0.05) is 31.6 Å². The average molecular weight is 250 g/mol. The van der Waals surface area contributed by atoms with Crippen molar-refractivity contribution < 1.29 is 13.5 Å². The van der Waals surface area contributed by atoms with Gasteiger partial charge in [0.05, 0.1) is 6.61 Å². The van der Waals surface area contributed by atoms with Gasteiger partial charge in [0.15, 0.2) is 0 Å². The summed E-state index contributed by atoms with van der Waals surface area (Å²) in [5, 5.41) is 3.05. The van der Waals surface area contributed by atoms with Gasteiger partial charge in [0.1, 0.15) is 11.6 Å². The lowest BCUT2D eigenvalue weighted by Crippen LogP contribution is -2.34. The second-order valence-electron chi connectivity index (χ2n) is 3.47. The number of alkyl halides is 1. The first-order valence-corrected chi connectivity index (χ1v) is 5.42. The lowest BCUT2D eigenvalue weighted by molar-refractivity contribution is 0.172. The van der Waals surface area contributed by atoms with Crippen LogP contribution in [-0.4, -0.2) is 25.6 Å². The minimum Gasteiger partial charge on any atom is -0.383 e. The van der Waals surface area contributed by atoms with E-state index in [-0.39, 0.29) is 6.04 Å². The van der Waals surface area contributed by atoms with Crippen molar-refractivity contribution in [2.24, 2.45) is 0 Å². The summed E-state index contributed by atoms with van der Waals surface area (Å²) in [6.07, 6.45) is 0. The molecular formula is C11H14ClF2NO. The SMILES string of the molecule is COCC(CCl)NCc1cc(F)cc(F)c1. The molecule has 0 saturated carbocycles. The lowest BCUT2D eigenvalue weighted by atomic mass is 10.2. The Morgan fingerprint density at radius 1 is 1.31 bits per heavy atom. The van der Waals surface area contributed by atoms with E-state index >= 15 is 0 Å². The third kappa shape index (κ3) is 4.43. The predicted molar refractivity (Wildman–Crippen MR) is 59.6 cm³/mol. The molecule has 1 rings (SSSR count). The third-order valence-corrected chi connectivity index (χ3v) is 2.44. The zero-order valence-corrected chi connectivity index (χ0v) is 9.73. The number of methoxy groups -OCH3 is 1. The van der Waals surface area contributed by atoms with Gasteiger partial charge < -0.3 is 10.1 Å². The second kappa shape index (κ2) is 6.78. The topological polar surface area (TPSA) is 21.3 Å². The van der Waals surface area contributed by atoms with Gasteiger partial charge >= 0.3 is 0 Å². The van der Waals surface area contributed by atoms with Crippen LogP contribution >= 0.6 is 11.6 Å². The van der Waals surface area contributed by atoms with Crippen LogP contribution in [0.4, 0.5) is 8.78 Å². The summed E-state index contributed by atoms with van der Waals surface area (Å²) in [6.45, 7) is 0.816. The molecule has 1 unspecified atom stereocenters. The smallest absolute Gasteiger partial charge is 0.126 e. The van der Waals surface area contributed by atoms with Gasteiger partial charge in [0.2, 0.25) is 0 Å². The second-order valence-corrected chi connectivity index (χ2v) is 3.77.